The molecule has 84 valence electrons. The van der Waals surface area contributed by atoms with Crippen LogP contribution in [-0.4, -0.2) is 15.2 Å². The van der Waals surface area contributed by atoms with E-state index in [2.05, 4.69) is 15.2 Å². The topological polar surface area (TPSA) is 67.6 Å². The molecule has 4 nitrogen and oxygen atoms in total. The molecule has 2 rings (SSSR count). The number of rotatable bonds is 2. The van der Waals surface area contributed by atoms with Crippen LogP contribution in [0.15, 0.2) is 12.1 Å². The second-order valence-electron chi connectivity index (χ2n) is 3.28. The Labute approximate surface area is 103 Å². The highest BCUT2D eigenvalue weighted by Crippen LogP contribution is 2.35. The fourth-order valence-electron chi connectivity index (χ4n) is 1.36. The van der Waals surface area contributed by atoms with E-state index in [0.717, 1.165) is 12.2 Å². The lowest BCUT2D eigenvalue weighted by atomic mass is 10.1. The first-order chi connectivity index (χ1) is 7.63. The lowest BCUT2D eigenvalue weighted by Crippen LogP contribution is -1.94. The number of nitrogens with two attached hydrogens (primary N) is 1. The number of aromatic nitrogens is 3. The van der Waals surface area contributed by atoms with Crippen molar-refractivity contribution in [3.8, 4) is 11.4 Å². The molecule has 1 aromatic heterocycles. The molecule has 3 N–H and O–H groups in total. The highest BCUT2D eigenvalue weighted by atomic mass is 35.5. The van der Waals surface area contributed by atoms with E-state index in [1.807, 2.05) is 6.92 Å². The zero-order valence-corrected chi connectivity index (χ0v) is 10.1. The van der Waals surface area contributed by atoms with Crippen LogP contribution in [0.1, 0.15) is 12.7 Å². The third-order valence-electron chi connectivity index (χ3n) is 2.23. The summed E-state index contributed by atoms with van der Waals surface area (Å²) in [6.45, 7) is 1.98. The van der Waals surface area contributed by atoms with Gasteiger partial charge < -0.3 is 5.73 Å². The number of benzene rings is 1. The van der Waals surface area contributed by atoms with Gasteiger partial charge in [-0.05, 0) is 12.1 Å². The minimum atomic E-state index is 0.399. The zero-order valence-electron chi connectivity index (χ0n) is 8.59. The minimum absolute atomic E-state index is 0.399. The quantitative estimate of drug-likeness (QED) is 0.813. The number of H-pyrrole nitrogens is 1. The molecule has 0 amide bonds. The summed E-state index contributed by atoms with van der Waals surface area (Å²) in [6, 6.07) is 3.33. The predicted octanol–water partition coefficient (Wildman–Crippen LogP) is 2.92. The molecular weight excluding hydrogens is 247 g/mol. The minimum Gasteiger partial charge on any atom is -0.397 e. The van der Waals surface area contributed by atoms with E-state index >= 15 is 0 Å². The third-order valence-corrected chi connectivity index (χ3v) is 2.88. The van der Waals surface area contributed by atoms with Gasteiger partial charge in [-0.25, -0.2) is 4.98 Å². The van der Waals surface area contributed by atoms with Crippen LogP contribution < -0.4 is 5.73 Å². The molecular formula is C10H10Cl2N4. The van der Waals surface area contributed by atoms with Crippen LogP contribution >= 0.6 is 23.2 Å². The maximum Gasteiger partial charge on any atom is 0.184 e. The summed E-state index contributed by atoms with van der Waals surface area (Å²) >= 11 is 12.0. The molecule has 0 aliphatic carbocycles. The van der Waals surface area contributed by atoms with Crippen molar-refractivity contribution >= 4 is 28.9 Å². The van der Waals surface area contributed by atoms with Crippen LogP contribution in [0.4, 0.5) is 5.69 Å². The number of anilines is 1. The Hall–Kier alpha value is -1.26. The summed E-state index contributed by atoms with van der Waals surface area (Å²) in [7, 11) is 0. The van der Waals surface area contributed by atoms with Gasteiger partial charge in [0.25, 0.3) is 0 Å². The van der Waals surface area contributed by atoms with Crippen LogP contribution in [-0.2, 0) is 6.42 Å². The Morgan fingerprint density at radius 2 is 2.00 bits per heavy atom. The fraction of sp³-hybridized carbons (Fsp3) is 0.200. The van der Waals surface area contributed by atoms with Gasteiger partial charge in [0.05, 0.1) is 21.3 Å². The number of aryl methyl sites for hydroxylation is 1. The first kappa shape index (κ1) is 11.2. The second kappa shape index (κ2) is 4.31. The van der Waals surface area contributed by atoms with Gasteiger partial charge in [0.1, 0.15) is 5.82 Å². The molecule has 6 heteroatoms. The van der Waals surface area contributed by atoms with Crippen molar-refractivity contribution < 1.29 is 0 Å². The van der Waals surface area contributed by atoms with Gasteiger partial charge in [-0.1, -0.05) is 30.1 Å². The number of nitrogen functional groups attached to an aromatic ring is 1. The number of hydrogen-bond acceptors (Lipinski definition) is 3. The predicted molar refractivity (Wildman–Crippen MR) is 65.6 cm³/mol. The lowest BCUT2D eigenvalue weighted by molar-refractivity contribution is 0.946. The molecule has 0 saturated heterocycles. The largest absolute Gasteiger partial charge is 0.397 e. The van der Waals surface area contributed by atoms with Crippen LogP contribution in [0.25, 0.3) is 11.4 Å². The van der Waals surface area contributed by atoms with Gasteiger partial charge in [0.2, 0.25) is 0 Å². The number of aromatic amines is 1. The van der Waals surface area contributed by atoms with Crippen LogP contribution in [0.3, 0.4) is 0 Å². The van der Waals surface area contributed by atoms with Gasteiger partial charge in [0.15, 0.2) is 5.82 Å². The molecule has 0 aliphatic rings. The number of nitrogens with zero attached hydrogens (tertiary/aromatic N) is 2. The van der Waals surface area contributed by atoms with Crippen molar-refractivity contribution in [1.82, 2.24) is 15.2 Å². The highest BCUT2D eigenvalue weighted by molar-refractivity contribution is 6.37. The van der Waals surface area contributed by atoms with Crippen molar-refractivity contribution in [2.45, 2.75) is 13.3 Å². The normalized spacial score (nSPS) is 10.7. The molecule has 0 spiro atoms. The van der Waals surface area contributed by atoms with Gasteiger partial charge >= 0.3 is 0 Å². The molecule has 0 fully saturated rings. The average molecular weight is 257 g/mol. The second-order valence-corrected chi connectivity index (χ2v) is 4.09. The molecule has 0 unspecified atom stereocenters. The van der Waals surface area contributed by atoms with Gasteiger partial charge in [-0.15, -0.1) is 0 Å². The van der Waals surface area contributed by atoms with Gasteiger partial charge in [0, 0.05) is 6.42 Å². The average Bonchev–Trinajstić information content (AvgIpc) is 2.73. The molecule has 1 heterocycles. The lowest BCUT2D eigenvalue weighted by Gasteiger charge is -2.05. The fourth-order valence-corrected chi connectivity index (χ4v) is 1.77. The Kier molecular flexibility index (Phi) is 3.03. The summed E-state index contributed by atoms with van der Waals surface area (Å²) in [5.41, 5.74) is 6.83. The van der Waals surface area contributed by atoms with Crippen LogP contribution in [0.2, 0.25) is 10.0 Å². The van der Waals surface area contributed by atoms with Crippen molar-refractivity contribution in [3.63, 3.8) is 0 Å². The third kappa shape index (κ3) is 1.86. The Morgan fingerprint density at radius 3 is 2.62 bits per heavy atom. The summed E-state index contributed by atoms with van der Waals surface area (Å²) in [4.78, 5) is 4.27. The van der Waals surface area contributed by atoms with Gasteiger partial charge in [-0.3, -0.25) is 5.10 Å². The van der Waals surface area contributed by atoms with E-state index in [1.54, 1.807) is 12.1 Å². The van der Waals surface area contributed by atoms with Crippen molar-refractivity contribution in [2.24, 2.45) is 0 Å². The Balaban J connectivity index is 2.58. The zero-order chi connectivity index (χ0) is 11.7. The summed E-state index contributed by atoms with van der Waals surface area (Å²) in [6.07, 6.45) is 0.769. The van der Waals surface area contributed by atoms with Crippen molar-refractivity contribution in [2.75, 3.05) is 5.73 Å². The first-order valence-corrected chi connectivity index (χ1v) is 5.54. The summed E-state index contributed by atoms with van der Waals surface area (Å²) in [5, 5.41) is 7.81. The number of hydrogen-bond donors (Lipinski definition) is 2. The van der Waals surface area contributed by atoms with E-state index in [1.165, 1.54) is 0 Å². The van der Waals surface area contributed by atoms with E-state index in [0.29, 0.717) is 27.1 Å². The Morgan fingerprint density at radius 1 is 1.31 bits per heavy atom. The molecule has 0 radical (unpaired) electrons. The first-order valence-electron chi connectivity index (χ1n) is 4.78. The van der Waals surface area contributed by atoms with E-state index in [4.69, 9.17) is 28.9 Å². The van der Waals surface area contributed by atoms with Crippen LogP contribution in [0.5, 0.6) is 0 Å². The van der Waals surface area contributed by atoms with E-state index in [9.17, 15) is 0 Å². The van der Waals surface area contributed by atoms with E-state index < -0.39 is 0 Å². The van der Waals surface area contributed by atoms with Crippen LogP contribution in [0, 0.1) is 0 Å². The molecule has 0 bridgehead atoms. The van der Waals surface area contributed by atoms with Crippen molar-refractivity contribution in [1.29, 1.82) is 0 Å². The molecule has 2 aromatic rings. The summed E-state index contributed by atoms with van der Waals surface area (Å²) in [5.74, 6) is 1.26. The maximum absolute atomic E-state index is 6.06. The number of halogens is 2. The monoisotopic (exact) mass is 256 g/mol. The van der Waals surface area contributed by atoms with E-state index in [-0.39, 0.29) is 0 Å². The Bertz CT molecular complexity index is 522. The molecule has 1 aromatic carbocycles. The van der Waals surface area contributed by atoms with Crippen molar-refractivity contribution in [3.05, 3.63) is 28.0 Å². The molecule has 0 atom stereocenters. The standard InChI is InChI=1S/C10H10Cl2N4/c1-2-7-14-10(16-15-7)8-5(11)3-4-6(12)9(8)13/h3-4H,2,13H2,1H3,(H,14,15,16). The SMILES string of the molecule is CCc1nc(-c2c(Cl)ccc(Cl)c2N)n[nH]1. The summed E-state index contributed by atoms with van der Waals surface area (Å²) < 4.78 is 0. The highest BCUT2D eigenvalue weighted by Gasteiger charge is 2.14. The maximum atomic E-state index is 6.06. The van der Waals surface area contributed by atoms with Gasteiger partial charge in [-0.2, -0.15) is 5.10 Å². The molecule has 0 saturated carbocycles. The molecule has 0 aliphatic heterocycles. The number of nitrogens with one attached hydrogen (secondary N) is 1. The molecule has 16 heavy (non-hydrogen) atoms. The smallest absolute Gasteiger partial charge is 0.184 e.